The van der Waals surface area contributed by atoms with Gasteiger partial charge >= 0.3 is 0 Å². The first kappa shape index (κ1) is 91.9. The van der Waals surface area contributed by atoms with Crippen molar-refractivity contribution in [3.8, 4) is 0 Å². The number of carbonyl (C=O) groups excluding carboxylic acids is 13. The monoisotopic (exact) mass is 1620 g/mol. The minimum Gasteiger partial charge on any atom is -0.394 e. The Labute approximate surface area is 680 Å². The molecule has 0 unspecified atom stereocenters. The van der Waals surface area contributed by atoms with Crippen molar-refractivity contribution in [3.05, 3.63) is 161 Å². The Kier molecular flexibility index (Phi) is 37.7. The van der Waals surface area contributed by atoms with Crippen LogP contribution in [0, 0.1) is 5.92 Å². The van der Waals surface area contributed by atoms with Gasteiger partial charge in [-0.1, -0.05) is 106 Å². The van der Waals surface area contributed by atoms with Crippen molar-refractivity contribution < 1.29 is 67.4 Å². The quantitative estimate of drug-likeness (QED) is 0.0241. The second-order valence-electron chi connectivity index (χ2n) is 29.8. The Morgan fingerprint density at radius 2 is 1.09 bits per heavy atom. The van der Waals surface area contributed by atoms with Gasteiger partial charge in [-0.25, -0.2) is 4.98 Å². The number of amides is 13. The third-order valence-electron chi connectivity index (χ3n) is 19.5. The molecule has 1 saturated heterocycles. The number of hydrogen-bond donors (Lipinski definition) is 16. The number of aromatic amines is 1. The number of aliphatic hydroxyl groups is 1. The zero-order chi connectivity index (χ0) is 84.2. The van der Waals surface area contributed by atoms with E-state index in [0.717, 1.165) is 10.8 Å². The number of nitrogens with two attached hydrogens (primary N) is 2. The number of H-pyrrole nitrogens is 1. The molecule has 18 N–H and O–H groups in total. The van der Waals surface area contributed by atoms with Gasteiger partial charge in [0.2, 0.25) is 70.9 Å². The SMILES string of the molecule is CC(=O)N[C@H](Cc1ccc2ccccc2c1)C(=O)N[C@H](Cc1ccc(Cl)cc1)C(=O)N[C@H](Cc1cccnc1)C(=O)N[C@@H](CO)C(=O)N[C@@H](CCCCNC(=O)[C@@H](N)Cc1c[nH]cn1)C(=O)N[C@H](CCCCNC(=O)c1ccccn1)C(=O)N[C@@H](CC(C)C)C(=O)N[C@@H](CCCCNC(C)C)C(=O)N1CCC[C@H]1C(=O)N[C@H](C)C(N)=O. The molecular formula is C82H112ClN19O14. The topological polar surface area (TPSA) is 496 Å². The Balaban J connectivity index is 1.16. The molecule has 626 valence electrons. The summed E-state index contributed by atoms with van der Waals surface area (Å²) in [4.78, 5) is 200. The maximum absolute atomic E-state index is 15.2. The lowest BCUT2D eigenvalue weighted by atomic mass is 9.99. The number of aromatic nitrogens is 4. The number of unbranched alkanes of at least 4 members (excludes halogenated alkanes) is 3. The summed E-state index contributed by atoms with van der Waals surface area (Å²) in [6.07, 6.45) is 9.54. The number of primary amides is 1. The molecule has 0 radical (unpaired) electrons. The van der Waals surface area contributed by atoms with Crippen molar-refractivity contribution >= 4 is 99.2 Å². The largest absolute Gasteiger partial charge is 0.394 e. The summed E-state index contributed by atoms with van der Waals surface area (Å²) in [5.41, 5.74) is 14.1. The molecule has 1 aliphatic rings. The fraction of sp³-hybridized carbons (Fsp3) is 0.488. The van der Waals surface area contributed by atoms with E-state index in [-0.39, 0.29) is 121 Å². The zero-order valence-electron chi connectivity index (χ0n) is 66.6. The van der Waals surface area contributed by atoms with Crippen LogP contribution in [0.15, 0.2) is 128 Å². The molecule has 3 aromatic heterocycles. The number of imidazole rings is 1. The number of fused-ring (bicyclic) bond motifs is 1. The molecule has 11 atom stereocenters. The highest BCUT2D eigenvalue weighted by molar-refractivity contribution is 6.30. The second kappa shape index (κ2) is 47.5. The molecule has 0 saturated carbocycles. The number of carbonyl (C=O) groups is 13. The van der Waals surface area contributed by atoms with Gasteiger partial charge in [0.15, 0.2) is 0 Å². The minimum atomic E-state index is -1.85. The van der Waals surface area contributed by atoms with E-state index >= 15 is 9.59 Å². The molecule has 7 rings (SSSR count). The van der Waals surface area contributed by atoms with E-state index < -0.39 is 150 Å². The molecule has 13 amide bonds. The average Bonchev–Trinajstić information content (AvgIpc) is 1.58. The third-order valence-corrected chi connectivity index (χ3v) is 19.8. The molecular weight excluding hydrogens is 1510 g/mol. The van der Waals surface area contributed by atoms with E-state index in [1.54, 1.807) is 54.7 Å². The first-order chi connectivity index (χ1) is 55.5. The van der Waals surface area contributed by atoms with E-state index in [9.17, 15) is 57.8 Å². The molecule has 4 heterocycles. The van der Waals surface area contributed by atoms with Crippen molar-refractivity contribution in [1.29, 1.82) is 0 Å². The zero-order valence-corrected chi connectivity index (χ0v) is 67.3. The number of pyridine rings is 2. The number of halogens is 1. The standard InChI is InChI=1S/C82H112ClN19O14/c1-49(2)39-65(76(110)97-64(25-12-13-34-88-50(3)4)82(116)102-38-18-26-70(102)81(115)93-51(5)71(85)105)98-75(109)63(24-11-16-37-91-73(107)61-22-9-14-35-89-61)95-74(108)62(23-10-15-36-90-72(106)60(84)44-59-46-87-48-92-59)96-80(114)69(47-103)101-79(113)68(43-55-19-17-33-86-45-55)100-78(112)67(41-53-28-31-58(83)32-29-53)99-77(111)66(94-52(6)104)42-54-27-30-56-20-7-8-21-57(56)40-54/h7-9,14,17,19-22,27-33,35,40,45-46,48-51,60,62-70,88,103H,10-13,15-16,18,23-26,34,36-39,41-44,47,84H2,1-6H3,(H2,85,105)(H,87,92)(H,90,106)(H,91,107)(H,93,115)(H,94,104)(H,95,108)(H,96,114)(H,97,110)(H,98,109)(H,99,111)(H,100,112)(H,101,113)/t51-,60+,62+,63-,64+,65+,66-,67-,68-,69+,70+/m1/s1. The van der Waals surface area contributed by atoms with Crippen molar-refractivity contribution in [2.24, 2.45) is 17.4 Å². The number of likely N-dealkylation sites (tertiary alicyclic amines) is 1. The molecule has 34 heteroatoms. The number of nitrogens with one attached hydrogen (secondary N) is 13. The Bertz CT molecular complexity index is 4240. The maximum Gasteiger partial charge on any atom is 0.269 e. The number of hydrogen-bond acceptors (Lipinski definition) is 19. The van der Waals surface area contributed by atoms with Gasteiger partial charge in [0.1, 0.15) is 66.1 Å². The van der Waals surface area contributed by atoms with Crippen LogP contribution in [0.1, 0.15) is 151 Å². The fourth-order valence-corrected chi connectivity index (χ4v) is 13.4. The first-order valence-corrected chi connectivity index (χ1v) is 39.9. The van der Waals surface area contributed by atoms with Gasteiger partial charge in [0.25, 0.3) is 5.91 Å². The highest BCUT2D eigenvalue weighted by Gasteiger charge is 2.40. The summed E-state index contributed by atoms with van der Waals surface area (Å²) >= 11 is 6.27. The fourth-order valence-electron chi connectivity index (χ4n) is 13.2. The van der Waals surface area contributed by atoms with Gasteiger partial charge in [-0.3, -0.25) is 72.3 Å². The number of benzene rings is 3. The van der Waals surface area contributed by atoms with Gasteiger partial charge in [-0.05, 0) is 154 Å². The molecule has 3 aromatic carbocycles. The summed E-state index contributed by atoms with van der Waals surface area (Å²) in [7, 11) is 0. The highest BCUT2D eigenvalue weighted by atomic mass is 35.5. The van der Waals surface area contributed by atoms with E-state index in [1.807, 2.05) is 70.2 Å². The van der Waals surface area contributed by atoms with Gasteiger partial charge in [0.05, 0.1) is 24.7 Å². The van der Waals surface area contributed by atoms with Crippen LogP contribution < -0.4 is 75.3 Å². The summed E-state index contributed by atoms with van der Waals surface area (Å²) in [6.45, 7) is 10.1. The summed E-state index contributed by atoms with van der Waals surface area (Å²) in [5.74, 6) is -9.95. The second-order valence-corrected chi connectivity index (χ2v) is 30.3. The molecule has 0 aliphatic carbocycles. The number of aliphatic hydroxyl groups excluding tert-OH is 1. The van der Waals surface area contributed by atoms with Crippen LogP contribution in [0.2, 0.25) is 5.02 Å². The van der Waals surface area contributed by atoms with E-state index in [0.29, 0.717) is 53.2 Å². The molecule has 0 bridgehead atoms. The third kappa shape index (κ3) is 30.8. The van der Waals surface area contributed by atoms with Gasteiger partial charge in [0, 0.05) is 88.1 Å². The first-order valence-electron chi connectivity index (χ1n) is 39.5. The van der Waals surface area contributed by atoms with Crippen LogP contribution in [0.4, 0.5) is 0 Å². The van der Waals surface area contributed by atoms with Crippen LogP contribution in [0.5, 0.6) is 0 Å². The summed E-state index contributed by atoms with van der Waals surface area (Å²) in [5, 5.41) is 46.7. The Morgan fingerprint density at radius 1 is 0.543 bits per heavy atom. The normalized spacial score (nSPS) is 15.2. The van der Waals surface area contributed by atoms with Crippen LogP contribution in [-0.2, 0) is 83.2 Å². The molecule has 0 spiro atoms. The summed E-state index contributed by atoms with van der Waals surface area (Å²) < 4.78 is 0. The van der Waals surface area contributed by atoms with E-state index in [4.69, 9.17) is 23.1 Å². The number of nitrogens with zero attached hydrogens (tertiary/aromatic N) is 4. The van der Waals surface area contributed by atoms with Gasteiger partial charge < -0.3 is 90.3 Å². The lowest BCUT2D eigenvalue weighted by molar-refractivity contribution is -0.142. The Morgan fingerprint density at radius 3 is 1.67 bits per heavy atom. The smallest absolute Gasteiger partial charge is 0.269 e. The van der Waals surface area contributed by atoms with Crippen LogP contribution >= 0.6 is 11.6 Å². The minimum absolute atomic E-state index is 0.0230. The van der Waals surface area contributed by atoms with Gasteiger partial charge in [-0.2, -0.15) is 0 Å². The van der Waals surface area contributed by atoms with Crippen molar-refractivity contribution in [2.75, 3.05) is 32.8 Å². The van der Waals surface area contributed by atoms with E-state index in [2.05, 4.69) is 83.7 Å². The van der Waals surface area contributed by atoms with Crippen LogP contribution in [0.25, 0.3) is 10.8 Å². The molecule has 1 aliphatic heterocycles. The van der Waals surface area contributed by atoms with Gasteiger partial charge in [-0.15, -0.1) is 0 Å². The van der Waals surface area contributed by atoms with E-state index in [1.165, 1.54) is 49.7 Å². The highest BCUT2D eigenvalue weighted by Crippen LogP contribution is 2.23. The predicted molar refractivity (Wildman–Crippen MR) is 434 cm³/mol. The lowest BCUT2D eigenvalue weighted by Gasteiger charge is -2.31. The van der Waals surface area contributed by atoms with Crippen LogP contribution in [-0.4, -0.2) is 212 Å². The Hall–Kier alpha value is -11.3. The van der Waals surface area contributed by atoms with Crippen molar-refractivity contribution in [3.63, 3.8) is 0 Å². The maximum atomic E-state index is 15.2. The molecule has 6 aromatic rings. The lowest BCUT2D eigenvalue weighted by Crippen LogP contribution is -2.61. The average molecular weight is 1620 g/mol. The summed E-state index contributed by atoms with van der Waals surface area (Å²) in [6, 6.07) is 13.3. The molecule has 33 nitrogen and oxygen atoms in total. The molecule has 1 fully saturated rings. The van der Waals surface area contributed by atoms with Crippen molar-refractivity contribution in [2.45, 2.75) is 217 Å². The predicted octanol–water partition coefficient (Wildman–Crippen LogP) is 1.58. The molecule has 116 heavy (non-hydrogen) atoms. The van der Waals surface area contributed by atoms with Crippen LogP contribution in [0.3, 0.4) is 0 Å². The van der Waals surface area contributed by atoms with Crippen molar-refractivity contribution in [1.82, 2.24) is 88.6 Å². The number of rotatable bonds is 48.